The smallest absolute Gasteiger partial charge is 0.332 e. The van der Waals surface area contributed by atoms with Gasteiger partial charge in [0.1, 0.15) is 19.3 Å². The van der Waals surface area contributed by atoms with Gasteiger partial charge in [-0.05, 0) is 24.0 Å². The maximum absolute atomic E-state index is 12.3. The van der Waals surface area contributed by atoms with Crippen LogP contribution in [0.4, 0.5) is 0 Å². The third-order valence-corrected chi connectivity index (χ3v) is 3.90. The molecule has 0 bridgehead atoms. The molecular formula is C19H18O4. The molecule has 4 nitrogen and oxygen atoms in total. The molecule has 1 aliphatic rings. The Hall–Kier alpha value is -2.46. The van der Waals surface area contributed by atoms with Crippen LogP contribution >= 0.6 is 0 Å². The summed E-state index contributed by atoms with van der Waals surface area (Å²) in [6, 6.07) is 17.0. The van der Waals surface area contributed by atoms with Gasteiger partial charge in [-0.15, -0.1) is 0 Å². The van der Waals surface area contributed by atoms with E-state index >= 15 is 0 Å². The molecule has 0 fully saturated rings. The van der Waals surface area contributed by atoms with Crippen molar-refractivity contribution in [3.63, 3.8) is 0 Å². The largest absolute Gasteiger partial charge is 0.459 e. The minimum absolute atomic E-state index is 0.0530. The number of ketones is 1. The van der Waals surface area contributed by atoms with E-state index in [4.69, 9.17) is 9.47 Å². The molecule has 0 aromatic heterocycles. The number of hydrogen-bond acceptors (Lipinski definition) is 4. The van der Waals surface area contributed by atoms with E-state index in [0.717, 1.165) is 17.5 Å². The molecule has 118 valence electrons. The van der Waals surface area contributed by atoms with Crippen LogP contribution in [0.1, 0.15) is 27.9 Å². The van der Waals surface area contributed by atoms with E-state index in [0.29, 0.717) is 12.0 Å². The van der Waals surface area contributed by atoms with Gasteiger partial charge >= 0.3 is 5.97 Å². The maximum Gasteiger partial charge on any atom is 0.332 e. The third kappa shape index (κ3) is 3.85. The second-order valence-corrected chi connectivity index (χ2v) is 5.51. The van der Waals surface area contributed by atoms with Crippen molar-refractivity contribution in [1.82, 2.24) is 0 Å². The summed E-state index contributed by atoms with van der Waals surface area (Å²) in [5.41, 5.74) is 2.66. The van der Waals surface area contributed by atoms with E-state index in [2.05, 4.69) is 0 Å². The first-order valence-corrected chi connectivity index (χ1v) is 7.67. The number of aryl methyl sites for hydroxylation is 1. The Kier molecular flexibility index (Phi) is 4.83. The number of Topliss-reactive ketones (excluding diaryl/α,β-unsaturated/α-hetero) is 1. The molecule has 0 spiro atoms. The van der Waals surface area contributed by atoms with Crippen molar-refractivity contribution in [2.75, 3.05) is 6.61 Å². The fraction of sp³-hybridized carbons (Fsp3) is 0.263. The van der Waals surface area contributed by atoms with E-state index < -0.39 is 12.1 Å². The minimum Gasteiger partial charge on any atom is -0.459 e. The van der Waals surface area contributed by atoms with Gasteiger partial charge < -0.3 is 9.47 Å². The highest BCUT2D eigenvalue weighted by atomic mass is 16.6. The van der Waals surface area contributed by atoms with Crippen molar-refractivity contribution < 1.29 is 19.1 Å². The molecule has 23 heavy (non-hydrogen) atoms. The Balaban J connectivity index is 1.49. The molecule has 4 heteroatoms. The summed E-state index contributed by atoms with van der Waals surface area (Å²) in [6.07, 6.45) is 0.821. The zero-order valence-corrected chi connectivity index (χ0v) is 12.7. The first-order chi connectivity index (χ1) is 11.2. The number of carbonyl (C=O) groups is 2. The highest BCUT2D eigenvalue weighted by Crippen LogP contribution is 2.23. The SMILES string of the molecule is O=C(COC1CCc2ccccc2C1=O)OCc1ccccc1. The van der Waals surface area contributed by atoms with E-state index in [-0.39, 0.29) is 19.0 Å². The molecular weight excluding hydrogens is 292 g/mol. The molecule has 0 saturated heterocycles. The van der Waals surface area contributed by atoms with Crippen LogP contribution in [0.2, 0.25) is 0 Å². The molecule has 0 saturated carbocycles. The van der Waals surface area contributed by atoms with Crippen LogP contribution < -0.4 is 0 Å². The number of rotatable bonds is 5. The van der Waals surface area contributed by atoms with Crippen molar-refractivity contribution in [2.24, 2.45) is 0 Å². The fourth-order valence-electron chi connectivity index (χ4n) is 2.68. The summed E-state index contributed by atoms with van der Waals surface area (Å²) in [5.74, 6) is -0.511. The molecule has 2 aromatic rings. The molecule has 1 aliphatic carbocycles. The summed E-state index contributed by atoms with van der Waals surface area (Å²) >= 11 is 0. The van der Waals surface area contributed by atoms with Crippen LogP contribution in [0.5, 0.6) is 0 Å². The van der Waals surface area contributed by atoms with Gasteiger partial charge in [0.15, 0.2) is 5.78 Å². The van der Waals surface area contributed by atoms with Crippen molar-refractivity contribution in [1.29, 1.82) is 0 Å². The molecule has 1 unspecified atom stereocenters. The first-order valence-electron chi connectivity index (χ1n) is 7.67. The lowest BCUT2D eigenvalue weighted by molar-refractivity contribution is -0.151. The number of carbonyl (C=O) groups excluding carboxylic acids is 2. The maximum atomic E-state index is 12.3. The number of hydrogen-bond donors (Lipinski definition) is 0. The minimum atomic E-state index is -0.561. The van der Waals surface area contributed by atoms with Gasteiger partial charge in [0.05, 0.1) is 0 Å². The lowest BCUT2D eigenvalue weighted by Gasteiger charge is -2.23. The van der Waals surface area contributed by atoms with Gasteiger partial charge in [-0.2, -0.15) is 0 Å². The molecule has 0 radical (unpaired) electrons. The van der Waals surface area contributed by atoms with Gasteiger partial charge in [0.2, 0.25) is 0 Å². The Morgan fingerprint density at radius 2 is 1.78 bits per heavy atom. The van der Waals surface area contributed by atoms with Crippen LogP contribution in [0, 0.1) is 0 Å². The molecule has 0 heterocycles. The zero-order valence-electron chi connectivity index (χ0n) is 12.7. The van der Waals surface area contributed by atoms with Crippen molar-refractivity contribution in [3.05, 3.63) is 71.3 Å². The topological polar surface area (TPSA) is 52.6 Å². The predicted octanol–water partition coefficient (Wildman–Crippen LogP) is 2.94. The third-order valence-electron chi connectivity index (χ3n) is 3.90. The summed E-state index contributed by atoms with van der Waals surface area (Å²) in [6.45, 7) is 0.00981. The Bertz CT molecular complexity index is 694. The normalized spacial score (nSPS) is 16.7. The van der Waals surface area contributed by atoms with Crippen molar-refractivity contribution in [2.45, 2.75) is 25.6 Å². The summed E-state index contributed by atoms with van der Waals surface area (Å²) in [4.78, 5) is 24.1. The second-order valence-electron chi connectivity index (χ2n) is 5.51. The number of benzene rings is 2. The van der Waals surface area contributed by atoms with Crippen LogP contribution in [-0.2, 0) is 27.3 Å². The highest BCUT2D eigenvalue weighted by molar-refractivity contribution is 6.01. The van der Waals surface area contributed by atoms with Gasteiger partial charge in [-0.25, -0.2) is 4.79 Å². The van der Waals surface area contributed by atoms with Crippen LogP contribution in [0.25, 0.3) is 0 Å². The molecule has 0 aliphatic heterocycles. The average molecular weight is 310 g/mol. The monoisotopic (exact) mass is 310 g/mol. The van der Waals surface area contributed by atoms with E-state index in [1.807, 2.05) is 48.5 Å². The second kappa shape index (κ2) is 7.20. The number of ether oxygens (including phenoxy) is 2. The van der Waals surface area contributed by atoms with Crippen LogP contribution in [-0.4, -0.2) is 24.5 Å². The zero-order chi connectivity index (χ0) is 16.1. The predicted molar refractivity (Wildman–Crippen MR) is 85.1 cm³/mol. The lowest BCUT2D eigenvalue weighted by Crippen LogP contribution is -2.32. The summed E-state index contributed by atoms with van der Waals surface area (Å²) in [7, 11) is 0. The molecule has 1 atom stereocenters. The highest BCUT2D eigenvalue weighted by Gasteiger charge is 2.28. The molecule has 3 rings (SSSR count). The van der Waals surface area contributed by atoms with Gasteiger partial charge in [0.25, 0.3) is 0 Å². The summed E-state index contributed by atoms with van der Waals surface area (Å²) < 4.78 is 10.6. The number of fused-ring (bicyclic) bond motifs is 1. The van der Waals surface area contributed by atoms with Crippen LogP contribution in [0.3, 0.4) is 0 Å². The van der Waals surface area contributed by atoms with E-state index in [1.54, 1.807) is 6.07 Å². The van der Waals surface area contributed by atoms with Crippen molar-refractivity contribution in [3.8, 4) is 0 Å². The van der Waals surface area contributed by atoms with Gasteiger partial charge in [-0.1, -0.05) is 54.6 Å². The van der Waals surface area contributed by atoms with E-state index in [9.17, 15) is 9.59 Å². The average Bonchev–Trinajstić information content (AvgIpc) is 2.60. The van der Waals surface area contributed by atoms with Crippen LogP contribution in [0.15, 0.2) is 54.6 Å². The lowest BCUT2D eigenvalue weighted by atomic mass is 9.89. The Morgan fingerprint density at radius 3 is 2.61 bits per heavy atom. The van der Waals surface area contributed by atoms with Crippen molar-refractivity contribution >= 4 is 11.8 Å². The summed E-state index contributed by atoms with van der Waals surface area (Å²) in [5, 5.41) is 0. The molecule has 0 N–H and O–H groups in total. The number of esters is 1. The van der Waals surface area contributed by atoms with E-state index in [1.165, 1.54) is 0 Å². The standard InChI is InChI=1S/C19H18O4/c20-18(23-12-14-6-2-1-3-7-14)13-22-17-11-10-15-8-4-5-9-16(15)19(17)21/h1-9,17H,10-13H2. The molecule has 2 aromatic carbocycles. The first kappa shape index (κ1) is 15.4. The fourth-order valence-corrected chi connectivity index (χ4v) is 2.68. The van der Waals surface area contributed by atoms with Gasteiger partial charge in [0, 0.05) is 5.56 Å². The molecule has 0 amide bonds. The Labute approximate surface area is 135 Å². The van der Waals surface area contributed by atoms with Gasteiger partial charge in [-0.3, -0.25) is 4.79 Å². The quantitative estimate of drug-likeness (QED) is 0.797. The Morgan fingerprint density at radius 1 is 1.04 bits per heavy atom.